The van der Waals surface area contributed by atoms with E-state index in [0.29, 0.717) is 12.2 Å². The molecule has 98 valence electrons. The average molecular weight is 249 g/mol. The zero-order valence-corrected chi connectivity index (χ0v) is 10.6. The third-order valence-electron chi connectivity index (χ3n) is 3.26. The van der Waals surface area contributed by atoms with Gasteiger partial charge >= 0.3 is 0 Å². The van der Waals surface area contributed by atoms with E-state index in [1.165, 1.54) is 0 Å². The number of hydrogen-bond acceptors (Lipinski definition) is 3. The van der Waals surface area contributed by atoms with Crippen LogP contribution in [0.4, 0.5) is 0 Å². The average Bonchev–Trinajstić information content (AvgIpc) is 2.87. The summed E-state index contributed by atoms with van der Waals surface area (Å²) in [7, 11) is 0. The second-order valence-electron chi connectivity index (χ2n) is 4.43. The monoisotopic (exact) mass is 249 g/mol. The first-order valence-electron chi connectivity index (χ1n) is 6.41. The number of nitrogens with zero attached hydrogens (tertiary/aromatic N) is 1. The summed E-state index contributed by atoms with van der Waals surface area (Å²) >= 11 is 0. The standard InChI is InChI=1S/C14H19NO3/c1-2-18-13-7-5-11(6-8-13)14(17)15-9-3-4-12(15)10-16/h5-8,12,16H,2-4,9-10H2,1H3/t12-/m0/s1. The third-order valence-corrected chi connectivity index (χ3v) is 3.26. The first kappa shape index (κ1) is 12.9. The highest BCUT2D eigenvalue weighted by Gasteiger charge is 2.28. The molecule has 2 rings (SSSR count). The Bertz CT molecular complexity index is 402. The van der Waals surface area contributed by atoms with E-state index in [0.717, 1.165) is 25.1 Å². The van der Waals surface area contributed by atoms with Crippen molar-refractivity contribution in [2.75, 3.05) is 19.8 Å². The second kappa shape index (κ2) is 5.87. The Hall–Kier alpha value is -1.55. The van der Waals surface area contributed by atoms with Crippen LogP contribution in [0.2, 0.25) is 0 Å². The van der Waals surface area contributed by atoms with Gasteiger partial charge < -0.3 is 14.7 Å². The largest absolute Gasteiger partial charge is 0.494 e. The van der Waals surface area contributed by atoms with Crippen LogP contribution in [0.1, 0.15) is 30.1 Å². The number of likely N-dealkylation sites (tertiary alicyclic amines) is 1. The number of aliphatic hydroxyl groups excluding tert-OH is 1. The molecule has 0 saturated carbocycles. The van der Waals surface area contributed by atoms with Crippen molar-refractivity contribution in [2.24, 2.45) is 0 Å². The molecule has 0 radical (unpaired) electrons. The zero-order valence-electron chi connectivity index (χ0n) is 10.6. The van der Waals surface area contributed by atoms with Gasteiger partial charge in [0.1, 0.15) is 5.75 Å². The van der Waals surface area contributed by atoms with Crippen molar-refractivity contribution in [2.45, 2.75) is 25.8 Å². The van der Waals surface area contributed by atoms with Gasteiger partial charge in [0.15, 0.2) is 0 Å². The van der Waals surface area contributed by atoms with Gasteiger partial charge in [0.2, 0.25) is 0 Å². The van der Waals surface area contributed by atoms with Crippen molar-refractivity contribution in [1.29, 1.82) is 0 Å². The molecular weight excluding hydrogens is 230 g/mol. The molecular formula is C14H19NO3. The van der Waals surface area contributed by atoms with Gasteiger partial charge in [-0.15, -0.1) is 0 Å². The van der Waals surface area contributed by atoms with Crippen molar-refractivity contribution in [3.8, 4) is 5.75 Å². The number of aliphatic hydroxyl groups is 1. The molecule has 4 nitrogen and oxygen atoms in total. The Labute approximate surface area is 107 Å². The maximum absolute atomic E-state index is 12.3. The summed E-state index contributed by atoms with van der Waals surface area (Å²) in [5.41, 5.74) is 0.652. The molecule has 0 spiro atoms. The predicted octanol–water partition coefficient (Wildman–Crippen LogP) is 1.68. The number of ether oxygens (including phenoxy) is 1. The number of rotatable bonds is 4. The number of carbonyl (C=O) groups excluding carboxylic acids is 1. The van der Waals surface area contributed by atoms with Gasteiger partial charge in [-0.1, -0.05) is 0 Å². The quantitative estimate of drug-likeness (QED) is 0.883. The number of carbonyl (C=O) groups is 1. The van der Waals surface area contributed by atoms with Gasteiger partial charge in [0.25, 0.3) is 5.91 Å². The minimum absolute atomic E-state index is 0.00500. The van der Waals surface area contributed by atoms with Crippen molar-refractivity contribution in [1.82, 2.24) is 4.90 Å². The van der Waals surface area contributed by atoms with Crippen LogP contribution in [-0.4, -0.2) is 41.7 Å². The third kappa shape index (κ3) is 2.64. The molecule has 0 bridgehead atoms. The molecule has 1 aromatic rings. The van der Waals surface area contributed by atoms with Crippen molar-refractivity contribution in [3.05, 3.63) is 29.8 Å². The Morgan fingerprint density at radius 2 is 2.17 bits per heavy atom. The molecule has 0 aliphatic carbocycles. The summed E-state index contributed by atoms with van der Waals surface area (Å²) in [5, 5.41) is 9.23. The predicted molar refractivity (Wildman–Crippen MR) is 68.8 cm³/mol. The topological polar surface area (TPSA) is 49.8 Å². The van der Waals surface area contributed by atoms with Crippen LogP contribution in [0.3, 0.4) is 0 Å². The molecule has 1 N–H and O–H groups in total. The maximum Gasteiger partial charge on any atom is 0.254 e. The molecule has 4 heteroatoms. The second-order valence-corrected chi connectivity index (χ2v) is 4.43. The van der Waals surface area contributed by atoms with Gasteiger partial charge in [-0.25, -0.2) is 0 Å². The van der Waals surface area contributed by atoms with Crippen LogP contribution in [0.25, 0.3) is 0 Å². The normalized spacial score (nSPS) is 19.0. The fourth-order valence-electron chi connectivity index (χ4n) is 2.32. The SMILES string of the molecule is CCOc1ccc(C(=O)N2CCC[C@H]2CO)cc1. The summed E-state index contributed by atoms with van der Waals surface area (Å²) in [4.78, 5) is 14.0. The lowest BCUT2D eigenvalue weighted by molar-refractivity contribution is 0.0677. The molecule has 1 amide bonds. The van der Waals surface area contributed by atoms with E-state index in [-0.39, 0.29) is 18.6 Å². The maximum atomic E-state index is 12.3. The summed E-state index contributed by atoms with van der Waals surface area (Å²) < 4.78 is 5.34. The van der Waals surface area contributed by atoms with Crippen LogP contribution < -0.4 is 4.74 Å². The zero-order chi connectivity index (χ0) is 13.0. The van der Waals surface area contributed by atoms with Crippen LogP contribution in [0, 0.1) is 0 Å². The van der Waals surface area contributed by atoms with Crippen molar-refractivity contribution < 1.29 is 14.6 Å². The van der Waals surface area contributed by atoms with E-state index in [4.69, 9.17) is 4.74 Å². The van der Waals surface area contributed by atoms with Gasteiger partial charge in [0.05, 0.1) is 19.3 Å². The Balaban J connectivity index is 2.08. The number of hydrogen-bond donors (Lipinski definition) is 1. The molecule has 1 heterocycles. The number of benzene rings is 1. The van der Waals surface area contributed by atoms with E-state index in [2.05, 4.69) is 0 Å². The molecule has 1 atom stereocenters. The molecule has 1 fully saturated rings. The lowest BCUT2D eigenvalue weighted by atomic mass is 10.1. The molecule has 1 aromatic carbocycles. The summed E-state index contributed by atoms with van der Waals surface area (Å²) in [6.45, 7) is 3.32. The molecule has 1 aliphatic heterocycles. The van der Waals surface area contributed by atoms with E-state index >= 15 is 0 Å². The highest BCUT2D eigenvalue weighted by atomic mass is 16.5. The summed E-state index contributed by atoms with van der Waals surface area (Å²) in [6.07, 6.45) is 1.85. The van der Waals surface area contributed by atoms with Crippen molar-refractivity contribution >= 4 is 5.91 Å². The summed E-state index contributed by atoms with van der Waals surface area (Å²) in [6, 6.07) is 7.14. The molecule has 0 aromatic heterocycles. The fraction of sp³-hybridized carbons (Fsp3) is 0.500. The highest BCUT2D eigenvalue weighted by Crippen LogP contribution is 2.21. The van der Waals surface area contributed by atoms with E-state index < -0.39 is 0 Å². The van der Waals surface area contributed by atoms with Gasteiger partial charge in [-0.05, 0) is 44.0 Å². The smallest absolute Gasteiger partial charge is 0.254 e. The minimum Gasteiger partial charge on any atom is -0.494 e. The Kier molecular flexibility index (Phi) is 4.20. The first-order valence-corrected chi connectivity index (χ1v) is 6.41. The minimum atomic E-state index is -0.0240. The van der Waals surface area contributed by atoms with E-state index in [1.807, 2.05) is 6.92 Å². The van der Waals surface area contributed by atoms with Crippen LogP contribution in [-0.2, 0) is 0 Å². The van der Waals surface area contributed by atoms with E-state index in [1.54, 1.807) is 29.2 Å². The number of amides is 1. The Morgan fingerprint density at radius 3 is 2.78 bits per heavy atom. The summed E-state index contributed by atoms with van der Waals surface area (Å²) in [5.74, 6) is 0.767. The lowest BCUT2D eigenvalue weighted by Gasteiger charge is -2.23. The fourth-order valence-corrected chi connectivity index (χ4v) is 2.32. The van der Waals surface area contributed by atoms with Gasteiger partial charge in [0, 0.05) is 12.1 Å². The van der Waals surface area contributed by atoms with Gasteiger partial charge in [-0.2, -0.15) is 0 Å². The molecule has 1 aliphatic rings. The lowest BCUT2D eigenvalue weighted by Crippen LogP contribution is -2.37. The van der Waals surface area contributed by atoms with E-state index in [9.17, 15) is 9.90 Å². The Morgan fingerprint density at radius 1 is 1.44 bits per heavy atom. The van der Waals surface area contributed by atoms with Crippen LogP contribution in [0.5, 0.6) is 5.75 Å². The molecule has 1 saturated heterocycles. The van der Waals surface area contributed by atoms with Crippen LogP contribution in [0.15, 0.2) is 24.3 Å². The molecule has 0 unspecified atom stereocenters. The van der Waals surface area contributed by atoms with Gasteiger partial charge in [-0.3, -0.25) is 4.79 Å². The highest BCUT2D eigenvalue weighted by molar-refractivity contribution is 5.94. The van der Waals surface area contributed by atoms with Crippen molar-refractivity contribution in [3.63, 3.8) is 0 Å². The van der Waals surface area contributed by atoms with Crippen LogP contribution >= 0.6 is 0 Å². The first-order chi connectivity index (χ1) is 8.76. The molecule has 18 heavy (non-hydrogen) atoms.